The second-order valence-corrected chi connectivity index (χ2v) is 11.9. The van der Waals surface area contributed by atoms with Gasteiger partial charge in [0.15, 0.2) is 0 Å². The van der Waals surface area contributed by atoms with Crippen LogP contribution in [0.1, 0.15) is 110 Å². The molecule has 0 radical (unpaired) electrons. The van der Waals surface area contributed by atoms with Crippen molar-refractivity contribution in [1.82, 2.24) is 0 Å². The summed E-state index contributed by atoms with van der Waals surface area (Å²) < 4.78 is 33.0. The second kappa shape index (κ2) is 21.4. The molecule has 0 aromatic heterocycles. The predicted octanol–water partition coefficient (Wildman–Crippen LogP) is 7.24. The van der Waals surface area contributed by atoms with Gasteiger partial charge < -0.3 is 18.9 Å². The van der Waals surface area contributed by atoms with Crippen molar-refractivity contribution in [3.05, 3.63) is 0 Å². The summed E-state index contributed by atoms with van der Waals surface area (Å²) in [7, 11) is 1.69. The number of likely N-dealkylation sites (N-methyl/N-ethyl adjacent to an activating group) is 1. The number of quaternary nitrogens is 1. The Labute approximate surface area is 215 Å². The Balaban J connectivity index is 4.05. The van der Waals surface area contributed by atoms with Crippen LogP contribution in [0.5, 0.6) is 0 Å². The topological polar surface area (TPSA) is 91.3 Å². The van der Waals surface area contributed by atoms with Gasteiger partial charge in [0.2, 0.25) is 0 Å². The van der Waals surface area contributed by atoms with Crippen LogP contribution in [-0.4, -0.2) is 69.1 Å². The third kappa shape index (κ3) is 24.8. The van der Waals surface area contributed by atoms with Gasteiger partial charge in [0.1, 0.15) is 19.3 Å². The number of phosphoric ester groups is 1. The van der Waals surface area contributed by atoms with Crippen molar-refractivity contribution in [2.24, 2.45) is 0 Å². The molecule has 210 valence electrons. The number of unbranched alkanes of at least 4 members (excludes halogenated alkanes) is 13. The lowest BCUT2D eigenvalue weighted by Gasteiger charge is -2.24. The maximum Gasteiger partial charge on any atom is 0.508 e. The van der Waals surface area contributed by atoms with Crippen LogP contribution >= 0.6 is 7.82 Å². The van der Waals surface area contributed by atoms with E-state index in [4.69, 9.17) is 18.5 Å². The molecule has 0 spiro atoms. The van der Waals surface area contributed by atoms with Gasteiger partial charge in [0, 0.05) is 0 Å². The average molecular weight is 525 g/mol. The summed E-state index contributed by atoms with van der Waals surface area (Å²) >= 11 is 0. The van der Waals surface area contributed by atoms with Gasteiger partial charge in [-0.2, -0.15) is 0 Å². The van der Waals surface area contributed by atoms with E-state index < -0.39 is 20.1 Å². The van der Waals surface area contributed by atoms with E-state index in [0.717, 1.165) is 19.3 Å². The van der Waals surface area contributed by atoms with E-state index in [0.29, 0.717) is 17.4 Å². The molecule has 1 N–H and O–H groups in total. The fourth-order valence-corrected chi connectivity index (χ4v) is 4.42. The molecule has 2 unspecified atom stereocenters. The summed E-state index contributed by atoms with van der Waals surface area (Å²) in [5.41, 5.74) is 0. The van der Waals surface area contributed by atoms with Gasteiger partial charge in [0.25, 0.3) is 0 Å². The zero-order valence-electron chi connectivity index (χ0n) is 23.3. The van der Waals surface area contributed by atoms with Crippen LogP contribution in [0.2, 0.25) is 0 Å². The highest BCUT2D eigenvalue weighted by molar-refractivity contribution is 7.47. The number of hydrogen-bond acceptors (Lipinski definition) is 6. The highest BCUT2D eigenvalue weighted by Crippen LogP contribution is 2.43. The van der Waals surface area contributed by atoms with Crippen molar-refractivity contribution < 1.29 is 37.3 Å². The first-order valence-corrected chi connectivity index (χ1v) is 15.3. The molecule has 0 fully saturated rings. The molecule has 8 nitrogen and oxygen atoms in total. The van der Waals surface area contributed by atoms with Crippen molar-refractivity contribution in [2.75, 3.05) is 47.5 Å². The third-order valence-corrected chi connectivity index (χ3v) is 6.83. The lowest BCUT2D eigenvalue weighted by molar-refractivity contribution is -0.870. The summed E-state index contributed by atoms with van der Waals surface area (Å²) in [5.74, 6) is 0. The molecular weight excluding hydrogens is 469 g/mol. The van der Waals surface area contributed by atoms with Crippen molar-refractivity contribution in [3.63, 3.8) is 0 Å². The monoisotopic (exact) mass is 524 g/mol. The number of nitrogens with zero attached hydrogens (tertiary/aromatic N) is 1. The van der Waals surface area contributed by atoms with E-state index in [2.05, 4.69) is 6.92 Å². The molecule has 0 aliphatic heterocycles. The molecule has 0 aliphatic rings. The molecule has 0 aromatic carbocycles. The minimum atomic E-state index is -4.21. The van der Waals surface area contributed by atoms with Crippen LogP contribution in [0, 0.1) is 0 Å². The van der Waals surface area contributed by atoms with E-state index >= 15 is 0 Å². The Morgan fingerprint density at radius 1 is 0.800 bits per heavy atom. The first-order valence-electron chi connectivity index (χ1n) is 13.9. The Morgan fingerprint density at radius 2 is 1.29 bits per heavy atom. The normalized spacial score (nSPS) is 14.5. The number of hydrogen-bond donors (Lipinski definition) is 1. The standard InChI is InChI=1S/C26H54NO7P/c1-6-8-9-10-11-12-13-14-15-16-17-18-19-20-21-25(34-26(28)31-7-2)24-33-35(29,30)32-23-22-27(3,4)5/h25H,6-24H2,1-5H3/p+1. The highest BCUT2D eigenvalue weighted by Gasteiger charge is 2.26. The zero-order valence-corrected chi connectivity index (χ0v) is 24.2. The number of phosphoric acid groups is 1. The number of rotatable bonds is 24. The maximum absolute atomic E-state index is 12.1. The number of ether oxygens (including phenoxy) is 2. The summed E-state index contributed by atoms with van der Waals surface area (Å²) in [4.78, 5) is 21.7. The van der Waals surface area contributed by atoms with Gasteiger partial charge in [-0.1, -0.05) is 90.4 Å². The van der Waals surface area contributed by atoms with E-state index in [1.165, 1.54) is 70.6 Å². The summed E-state index contributed by atoms with van der Waals surface area (Å²) in [6.07, 6.45) is 16.8. The first kappa shape index (κ1) is 34.3. The van der Waals surface area contributed by atoms with Gasteiger partial charge >= 0.3 is 14.0 Å². The second-order valence-electron chi connectivity index (χ2n) is 10.4. The third-order valence-electron chi connectivity index (χ3n) is 5.84. The van der Waals surface area contributed by atoms with Crippen LogP contribution < -0.4 is 0 Å². The van der Waals surface area contributed by atoms with Crippen LogP contribution in [0.3, 0.4) is 0 Å². The number of carbonyl (C=O) groups is 1. The first-order chi connectivity index (χ1) is 16.6. The minimum Gasteiger partial charge on any atom is -0.435 e. The van der Waals surface area contributed by atoms with Crippen LogP contribution in [-0.2, 0) is 23.1 Å². The van der Waals surface area contributed by atoms with Crippen LogP contribution in [0.25, 0.3) is 0 Å². The van der Waals surface area contributed by atoms with Crippen molar-refractivity contribution in [1.29, 1.82) is 0 Å². The molecule has 0 rings (SSSR count). The average Bonchev–Trinajstić information content (AvgIpc) is 2.76. The zero-order chi connectivity index (χ0) is 26.4. The van der Waals surface area contributed by atoms with E-state index in [9.17, 15) is 14.3 Å². The molecule has 0 saturated carbocycles. The quantitative estimate of drug-likeness (QED) is 0.0616. The van der Waals surface area contributed by atoms with E-state index in [1.54, 1.807) is 6.92 Å². The molecule has 0 saturated heterocycles. The van der Waals surface area contributed by atoms with E-state index in [1.807, 2.05) is 21.1 Å². The smallest absolute Gasteiger partial charge is 0.435 e. The molecule has 0 bridgehead atoms. The molecule has 35 heavy (non-hydrogen) atoms. The lowest BCUT2D eigenvalue weighted by Crippen LogP contribution is -2.37. The maximum atomic E-state index is 12.1. The van der Waals surface area contributed by atoms with Gasteiger partial charge in [-0.25, -0.2) is 9.36 Å². The van der Waals surface area contributed by atoms with Gasteiger partial charge in [-0.3, -0.25) is 9.05 Å². The summed E-state index contributed by atoms with van der Waals surface area (Å²) in [6, 6.07) is 0. The van der Waals surface area contributed by atoms with Gasteiger partial charge in [0.05, 0.1) is 34.4 Å². The Bertz CT molecular complexity index is 554. The lowest BCUT2D eigenvalue weighted by atomic mass is 10.0. The number of carbonyl (C=O) groups excluding carboxylic acids is 1. The Hall–Kier alpha value is -0.660. The summed E-state index contributed by atoms with van der Waals surface area (Å²) in [6.45, 7) is 4.62. The van der Waals surface area contributed by atoms with Crippen LogP contribution in [0.15, 0.2) is 0 Å². The molecular formula is C26H55NO7P+. The largest absolute Gasteiger partial charge is 0.508 e. The minimum absolute atomic E-state index is 0.0969. The van der Waals surface area contributed by atoms with Crippen molar-refractivity contribution in [3.8, 4) is 0 Å². The molecule has 0 amide bonds. The van der Waals surface area contributed by atoms with Gasteiger partial charge in [-0.15, -0.1) is 0 Å². The summed E-state index contributed by atoms with van der Waals surface area (Å²) in [5, 5.41) is 0. The van der Waals surface area contributed by atoms with Gasteiger partial charge in [-0.05, 0) is 19.8 Å². The van der Waals surface area contributed by atoms with Crippen molar-refractivity contribution >= 4 is 14.0 Å². The molecule has 0 heterocycles. The van der Waals surface area contributed by atoms with Crippen LogP contribution in [0.4, 0.5) is 4.79 Å². The molecule has 9 heteroatoms. The fraction of sp³-hybridized carbons (Fsp3) is 0.962. The predicted molar refractivity (Wildman–Crippen MR) is 141 cm³/mol. The van der Waals surface area contributed by atoms with Crippen molar-refractivity contribution in [2.45, 2.75) is 116 Å². The Morgan fingerprint density at radius 3 is 1.74 bits per heavy atom. The molecule has 0 aliphatic carbocycles. The molecule has 0 aromatic rings. The SMILES string of the molecule is CCCCCCCCCCCCCCCCC(COP(=O)(O)OCC[N+](C)(C)C)OC(=O)OCC. The fourth-order valence-electron chi connectivity index (χ4n) is 3.68. The van der Waals surface area contributed by atoms with E-state index in [-0.39, 0.29) is 19.8 Å². The highest BCUT2D eigenvalue weighted by atomic mass is 31.2. The molecule has 2 atom stereocenters. The Kier molecular flexibility index (Phi) is 21.0.